The van der Waals surface area contributed by atoms with Gasteiger partial charge < -0.3 is 4.74 Å². The van der Waals surface area contributed by atoms with E-state index in [0.717, 1.165) is 31.0 Å². The molecule has 0 aromatic heterocycles. The van der Waals surface area contributed by atoms with Crippen LogP contribution in [0.4, 0.5) is 0 Å². The topological polar surface area (TPSA) is 9.23 Å². The van der Waals surface area contributed by atoms with Crippen molar-refractivity contribution in [1.82, 2.24) is 0 Å². The molecule has 1 rings (SSSR count). The molecular formula is C13H20OS. The molecule has 0 aliphatic rings. The van der Waals surface area contributed by atoms with Crippen LogP contribution in [-0.2, 0) is 6.42 Å². The molecule has 0 atom stereocenters. The highest BCUT2D eigenvalue weighted by Gasteiger charge is 2.03. The fraction of sp³-hybridized carbons (Fsp3) is 0.538. The van der Waals surface area contributed by atoms with Gasteiger partial charge in [0.15, 0.2) is 0 Å². The van der Waals surface area contributed by atoms with Gasteiger partial charge in [-0.3, -0.25) is 0 Å². The molecule has 2 heteroatoms. The smallest absolute Gasteiger partial charge is 0.122 e. The standard InChI is InChI=1S/C13H20OS/c1-11(2)10-14-13-8-4-3-6-12(13)7-5-9-15/h3-4,6,8,11,15H,5,7,9-10H2,1-2H3. The van der Waals surface area contributed by atoms with Crippen LogP contribution in [0.5, 0.6) is 5.75 Å². The van der Waals surface area contributed by atoms with Crippen molar-refractivity contribution in [3.8, 4) is 5.75 Å². The van der Waals surface area contributed by atoms with Gasteiger partial charge in [-0.15, -0.1) is 0 Å². The summed E-state index contributed by atoms with van der Waals surface area (Å²) in [5.74, 6) is 2.54. The Morgan fingerprint density at radius 1 is 1.27 bits per heavy atom. The van der Waals surface area contributed by atoms with Crippen molar-refractivity contribution in [2.24, 2.45) is 5.92 Å². The molecule has 0 amide bonds. The average molecular weight is 224 g/mol. The van der Waals surface area contributed by atoms with Gasteiger partial charge >= 0.3 is 0 Å². The largest absolute Gasteiger partial charge is 0.493 e. The minimum absolute atomic E-state index is 0.572. The third kappa shape index (κ3) is 4.61. The first-order chi connectivity index (χ1) is 7.24. The molecule has 0 saturated carbocycles. The van der Waals surface area contributed by atoms with Gasteiger partial charge in [-0.2, -0.15) is 12.6 Å². The predicted molar refractivity (Wildman–Crippen MR) is 68.9 cm³/mol. The Hall–Kier alpha value is -0.630. The van der Waals surface area contributed by atoms with E-state index in [4.69, 9.17) is 4.74 Å². The molecule has 0 radical (unpaired) electrons. The van der Waals surface area contributed by atoms with Crippen LogP contribution in [0.25, 0.3) is 0 Å². The third-order valence-corrected chi connectivity index (χ3v) is 2.47. The highest BCUT2D eigenvalue weighted by molar-refractivity contribution is 7.80. The molecule has 1 aromatic carbocycles. The SMILES string of the molecule is CC(C)COc1ccccc1CCCS. The van der Waals surface area contributed by atoms with E-state index in [1.54, 1.807) is 0 Å². The molecule has 0 unspecified atom stereocenters. The summed E-state index contributed by atoms with van der Waals surface area (Å²) in [6.07, 6.45) is 2.16. The average Bonchev–Trinajstić information content (AvgIpc) is 2.24. The van der Waals surface area contributed by atoms with E-state index in [2.05, 4.69) is 44.7 Å². The molecule has 0 spiro atoms. The Balaban J connectivity index is 2.59. The van der Waals surface area contributed by atoms with Crippen LogP contribution in [0.2, 0.25) is 0 Å². The number of ether oxygens (including phenoxy) is 1. The summed E-state index contributed by atoms with van der Waals surface area (Å²) < 4.78 is 5.77. The molecule has 15 heavy (non-hydrogen) atoms. The normalized spacial score (nSPS) is 10.7. The van der Waals surface area contributed by atoms with Crippen molar-refractivity contribution >= 4 is 12.6 Å². The number of aryl methyl sites for hydroxylation is 1. The van der Waals surface area contributed by atoms with Crippen LogP contribution in [0, 0.1) is 5.92 Å². The van der Waals surface area contributed by atoms with Crippen LogP contribution in [0.3, 0.4) is 0 Å². The van der Waals surface area contributed by atoms with E-state index in [1.807, 2.05) is 6.07 Å². The van der Waals surface area contributed by atoms with Crippen LogP contribution in [0.15, 0.2) is 24.3 Å². The lowest BCUT2D eigenvalue weighted by Crippen LogP contribution is -2.06. The second-order valence-corrected chi connectivity index (χ2v) is 4.59. The lowest BCUT2D eigenvalue weighted by atomic mass is 10.1. The first kappa shape index (κ1) is 12.4. The summed E-state index contributed by atoms with van der Waals surface area (Å²) in [5, 5.41) is 0. The summed E-state index contributed by atoms with van der Waals surface area (Å²) in [4.78, 5) is 0. The van der Waals surface area contributed by atoms with Crippen LogP contribution in [0.1, 0.15) is 25.8 Å². The molecule has 0 bridgehead atoms. The van der Waals surface area contributed by atoms with Gasteiger partial charge in [0, 0.05) is 0 Å². The van der Waals surface area contributed by atoms with Crippen molar-refractivity contribution in [2.75, 3.05) is 12.4 Å². The number of benzene rings is 1. The molecule has 0 saturated heterocycles. The summed E-state index contributed by atoms with van der Waals surface area (Å²) >= 11 is 4.23. The fourth-order valence-electron chi connectivity index (χ4n) is 1.38. The zero-order valence-electron chi connectivity index (χ0n) is 9.57. The Morgan fingerprint density at radius 2 is 2.00 bits per heavy atom. The molecule has 1 nitrogen and oxygen atoms in total. The van der Waals surface area contributed by atoms with Gasteiger partial charge in [-0.05, 0) is 36.1 Å². The van der Waals surface area contributed by atoms with Gasteiger partial charge in [-0.25, -0.2) is 0 Å². The highest BCUT2D eigenvalue weighted by Crippen LogP contribution is 2.20. The Morgan fingerprint density at radius 3 is 2.67 bits per heavy atom. The quantitative estimate of drug-likeness (QED) is 0.727. The van der Waals surface area contributed by atoms with Crippen molar-refractivity contribution in [3.63, 3.8) is 0 Å². The lowest BCUT2D eigenvalue weighted by Gasteiger charge is -2.12. The number of hydrogen-bond acceptors (Lipinski definition) is 2. The third-order valence-electron chi connectivity index (χ3n) is 2.15. The number of thiol groups is 1. The monoisotopic (exact) mass is 224 g/mol. The minimum Gasteiger partial charge on any atom is -0.493 e. The number of rotatable bonds is 6. The summed E-state index contributed by atoms with van der Waals surface area (Å²) in [7, 11) is 0. The molecule has 0 fully saturated rings. The highest BCUT2D eigenvalue weighted by atomic mass is 32.1. The van der Waals surface area contributed by atoms with Crippen molar-refractivity contribution in [3.05, 3.63) is 29.8 Å². The van der Waals surface area contributed by atoms with E-state index in [1.165, 1.54) is 5.56 Å². The van der Waals surface area contributed by atoms with Gasteiger partial charge in [0.1, 0.15) is 5.75 Å². The molecule has 84 valence electrons. The van der Waals surface area contributed by atoms with E-state index >= 15 is 0 Å². The van der Waals surface area contributed by atoms with Crippen LogP contribution in [-0.4, -0.2) is 12.4 Å². The second-order valence-electron chi connectivity index (χ2n) is 4.14. The van der Waals surface area contributed by atoms with E-state index in [-0.39, 0.29) is 0 Å². The maximum atomic E-state index is 5.77. The Labute approximate surface area is 98.3 Å². The predicted octanol–water partition coefficient (Wildman–Crippen LogP) is 3.58. The fourth-order valence-corrected chi connectivity index (χ4v) is 1.54. The zero-order chi connectivity index (χ0) is 11.1. The molecule has 0 aliphatic carbocycles. The summed E-state index contributed by atoms with van der Waals surface area (Å²) in [6, 6.07) is 8.28. The first-order valence-corrected chi connectivity index (χ1v) is 6.19. The molecule has 0 aliphatic heterocycles. The van der Waals surface area contributed by atoms with E-state index in [0.29, 0.717) is 5.92 Å². The van der Waals surface area contributed by atoms with Crippen molar-refractivity contribution < 1.29 is 4.74 Å². The van der Waals surface area contributed by atoms with Crippen LogP contribution >= 0.6 is 12.6 Å². The summed E-state index contributed by atoms with van der Waals surface area (Å²) in [6.45, 7) is 5.12. The van der Waals surface area contributed by atoms with Crippen molar-refractivity contribution in [1.29, 1.82) is 0 Å². The van der Waals surface area contributed by atoms with Crippen LogP contribution < -0.4 is 4.74 Å². The first-order valence-electron chi connectivity index (χ1n) is 5.55. The van der Waals surface area contributed by atoms with Crippen molar-refractivity contribution in [2.45, 2.75) is 26.7 Å². The second kappa shape index (κ2) is 6.78. The lowest BCUT2D eigenvalue weighted by molar-refractivity contribution is 0.268. The Bertz CT molecular complexity index is 284. The number of para-hydroxylation sites is 1. The molecule has 0 N–H and O–H groups in total. The van der Waals surface area contributed by atoms with Gasteiger partial charge in [-0.1, -0.05) is 32.0 Å². The number of hydrogen-bond donors (Lipinski definition) is 1. The molecule has 0 heterocycles. The van der Waals surface area contributed by atoms with E-state index < -0.39 is 0 Å². The molecule has 1 aromatic rings. The summed E-state index contributed by atoms with van der Waals surface area (Å²) in [5.41, 5.74) is 1.30. The van der Waals surface area contributed by atoms with Gasteiger partial charge in [0.25, 0.3) is 0 Å². The zero-order valence-corrected chi connectivity index (χ0v) is 10.5. The van der Waals surface area contributed by atoms with Gasteiger partial charge in [0.2, 0.25) is 0 Å². The Kier molecular flexibility index (Phi) is 5.62. The minimum atomic E-state index is 0.572. The maximum absolute atomic E-state index is 5.77. The maximum Gasteiger partial charge on any atom is 0.122 e. The molecular weight excluding hydrogens is 204 g/mol. The van der Waals surface area contributed by atoms with Gasteiger partial charge in [0.05, 0.1) is 6.61 Å². The van der Waals surface area contributed by atoms with E-state index in [9.17, 15) is 0 Å².